The normalized spacial score (nSPS) is 32.2. The molecule has 2 atom stereocenters. The summed E-state index contributed by atoms with van der Waals surface area (Å²) in [6.07, 6.45) is 1.96. The second-order valence-corrected chi connectivity index (χ2v) is 4.81. The van der Waals surface area contributed by atoms with E-state index < -0.39 is 0 Å². The van der Waals surface area contributed by atoms with Gasteiger partial charge in [0.2, 0.25) is 0 Å². The largest absolute Gasteiger partial charge is 0.303 e. The van der Waals surface area contributed by atoms with E-state index in [0.717, 1.165) is 18.9 Å². The van der Waals surface area contributed by atoms with Crippen LogP contribution in [-0.4, -0.2) is 24.5 Å². The molecule has 1 fully saturated rings. The lowest BCUT2D eigenvalue weighted by Gasteiger charge is -2.26. The monoisotopic (exact) mass is 180 g/mol. The minimum atomic E-state index is 0.327. The Morgan fingerprint density at radius 2 is 2.15 bits per heavy atom. The van der Waals surface area contributed by atoms with Gasteiger partial charge in [-0.15, -0.1) is 0 Å². The lowest BCUT2D eigenvalue weighted by molar-refractivity contribution is 0.212. The van der Waals surface area contributed by atoms with Crippen LogP contribution in [0, 0.1) is 22.7 Å². The second-order valence-electron chi connectivity index (χ2n) is 4.81. The van der Waals surface area contributed by atoms with E-state index in [2.05, 4.69) is 38.8 Å². The van der Waals surface area contributed by atoms with Crippen molar-refractivity contribution in [1.82, 2.24) is 4.90 Å². The number of nitriles is 1. The summed E-state index contributed by atoms with van der Waals surface area (Å²) >= 11 is 0. The van der Waals surface area contributed by atoms with Crippen LogP contribution < -0.4 is 0 Å². The van der Waals surface area contributed by atoms with Crippen molar-refractivity contribution < 1.29 is 0 Å². The Morgan fingerprint density at radius 3 is 2.46 bits per heavy atom. The first-order chi connectivity index (χ1) is 6.02. The van der Waals surface area contributed by atoms with E-state index in [4.69, 9.17) is 5.26 Å². The molecular weight excluding hydrogens is 160 g/mol. The fourth-order valence-corrected chi connectivity index (χ4v) is 1.91. The first-order valence-electron chi connectivity index (χ1n) is 5.09. The summed E-state index contributed by atoms with van der Waals surface area (Å²) in [5.41, 5.74) is 0.327. The number of hydrogen-bond acceptors (Lipinski definition) is 2. The van der Waals surface area contributed by atoms with E-state index >= 15 is 0 Å². The summed E-state index contributed by atoms with van der Waals surface area (Å²) in [6, 6.07) is 2.90. The Kier molecular flexibility index (Phi) is 2.98. The van der Waals surface area contributed by atoms with Gasteiger partial charge in [-0.1, -0.05) is 6.92 Å². The van der Waals surface area contributed by atoms with Crippen LogP contribution in [0.1, 0.15) is 33.6 Å². The third-order valence-corrected chi connectivity index (χ3v) is 3.47. The molecule has 1 rings (SSSR count). The van der Waals surface area contributed by atoms with Gasteiger partial charge < -0.3 is 4.90 Å². The third kappa shape index (κ3) is 2.22. The molecule has 0 radical (unpaired) electrons. The molecule has 1 aliphatic carbocycles. The van der Waals surface area contributed by atoms with Crippen molar-refractivity contribution in [2.45, 2.75) is 39.7 Å². The van der Waals surface area contributed by atoms with Crippen LogP contribution in [0.3, 0.4) is 0 Å². The minimum absolute atomic E-state index is 0.327. The van der Waals surface area contributed by atoms with Crippen molar-refractivity contribution >= 4 is 0 Å². The van der Waals surface area contributed by atoms with Gasteiger partial charge in [0, 0.05) is 19.0 Å². The summed E-state index contributed by atoms with van der Waals surface area (Å²) in [5, 5.41) is 8.74. The number of hydrogen-bond donors (Lipinski definition) is 0. The first kappa shape index (κ1) is 10.5. The molecular formula is C11H20N2. The highest BCUT2D eigenvalue weighted by Crippen LogP contribution is 2.55. The van der Waals surface area contributed by atoms with Crippen LogP contribution >= 0.6 is 0 Å². The molecule has 2 nitrogen and oxygen atoms in total. The topological polar surface area (TPSA) is 27.0 Å². The Labute approximate surface area is 81.5 Å². The van der Waals surface area contributed by atoms with Gasteiger partial charge in [0.15, 0.2) is 0 Å². The van der Waals surface area contributed by atoms with Crippen LogP contribution in [0.5, 0.6) is 0 Å². The summed E-state index contributed by atoms with van der Waals surface area (Å²) in [6.45, 7) is 7.74. The number of nitrogens with zero attached hydrogens (tertiary/aromatic N) is 2. The van der Waals surface area contributed by atoms with Crippen molar-refractivity contribution in [1.29, 1.82) is 5.26 Å². The molecule has 13 heavy (non-hydrogen) atoms. The molecule has 0 heterocycles. The SMILES string of the molecule is CC(C)N(C)CC1(CC#N)CC1C. The third-order valence-electron chi connectivity index (χ3n) is 3.47. The molecule has 0 spiro atoms. The molecule has 0 aromatic carbocycles. The van der Waals surface area contributed by atoms with Gasteiger partial charge in [0.1, 0.15) is 0 Å². The van der Waals surface area contributed by atoms with E-state index in [-0.39, 0.29) is 0 Å². The van der Waals surface area contributed by atoms with Crippen molar-refractivity contribution in [3.8, 4) is 6.07 Å². The van der Waals surface area contributed by atoms with Gasteiger partial charge in [0.05, 0.1) is 6.07 Å². The molecule has 1 saturated carbocycles. The molecule has 0 saturated heterocycles. The predicted octanol–water partition coefficient (Wildman–Crippen LogP) is 2.27. The maximum atomic E-state index is 8.74. The summed E-state index contributed by atoms with van der Waals surface area (Å²) in [5.74, 6) is 0.744. The van der Waals surface area contributed by atoms with Gasteiger partial charge in [-0.3, -0.25) is 0 Å². The Hall–Kier alpha value is -0.550. The molecule has 2 unspecified atom stereocenters. The highest BCUT2D eigenvalue weighted by Gasteiger charge is 2.51. The lowest BCUT2D eigenvalue weighted by Crippen LogP contribution is -2.33. The molecule has 74 valence electrons. The molecule has 0 aromatic heterocycles. The fourth-order valence-electron chi connectivity index (χ4n) is 1.91. The zero-order valence-electron chi connectivity index (χ0n) is 9.17. The molecule has 1 aliphatic rings. The van der Waals surface area contributed by atoms with Crippen LogP contribution in [0.4, 0.5) is 0 Å². The van der Waals surface area contributed by atoms with Crippen molar-refractivity contribution in [3.05, 3.63) is 0 Å². The molecule has 0 aromatic rings. The van der Waals surface area contributed by atoms with Crippen LogP contribution in [0.25, 0.3) is 0 Å². The van der Waals surface area contributed by atoms with Crippen molar-refractivity contribution in [2.24, 2.45) is 11.3 Å². The van der Waals surface area contributed by atoms with E-state index in [0.29, 0.717) is 11.5 Å². The highest BCUT2D eigenvalue weighted by atomic mass is 15.1. The summed E-state index contributed by atoms with van der Waals surface area (Å²) < 4.78 is 0. The fraction of sp³-hybridized carbons (Fsp3) is 0.909. The zero-order chi connectivity index (χ0) is 10.1. The van der Waals surface area contributed by atoms with Crippen molar-refractivity contribution in [3.63, 3.8) is 0 Å². The van der Waals surface area contributed by atoms with Gasteiger partial charge in [-0.05, 0) is 38.6 Å². The van der Waals surface area contributed by atoms with Crippen LogP contribution in [0.2, 0.25) is 0 Å². The van der Waals surface area contributed by atoms with Gasteiger partial charge >= 0.3 is 0 Å². The van der Waals surface area contributed by atoms with E-state index in [1.165, 1.54) is 6.42 Å². The van der Waals surface area contributed by atoms with E-state index in [1.807, 2.05) is 0 Å². The van der Waals surface area contributed by atoms with E-state index in [9.17, 15) is 0 Å². The van der Waals surface area contributed by atoms with Gasteiger partial charge in [-0.2, -0.15) is 5.26 Å². The summed E-state index contributed by atoms with van der Waals surface area (Å²) in [4.78, 5) is 2.35. The van der Waals surface area contributed by atoms with Crippen LogP contribution in [-0.2, 0) is 0 Å². The average Bonchev–Trinajstić information content (AvgIpc) is 2.61. The zero-order valence-corrected chi connectivity index (χ0v) is 9.17. The van der Waals surface area contributed by atoms with Crippen LogP contribution in [0.15, 0.2) is 0 Å². The molecule has 0 amide bonds. The first-order valence-corrected chi connectivity index (χ1v) is 5.09. The van der Waals surface area contributed by atoms with Gasteiger partial charge in [-0.25, -0.2) is 0 Å². The smallest absolute Gasteiger partial charge is 0.0628 e. The molecule has 2 heteroatoms. The number of rotatable bonds is 4. The second kappa shape index (κ2) is 3.67. The van der Waals surface area contributed by atoms with Crippen molar-refractivity contribution in [2.75, 3.05) is 13.6 Å². The average molecular weight is 180 g/mol. The molecule has 0 N–H and O–H groups in total. The standard InChI is InChI=1S/C11H20N2/c1-9(2)13(4)8-11(5-6-12)7-10(11)3/h9-10H,5,7-8H2,1-4H3. The maximum absolute atomic E-state index is 8.74. The molecule has 0 aliphatic heterocycles. The molecule has 0 bridgehead atoms. The Bertz CT molecular complexity index is 217. The Balaban J connectivity index is 2.47. The quantitative estimate of drug-likeness (QED) is 0.663. The predicted molar refractivity (Wildman–Crippen MR) is 54.2 cm³/mol. The minimum Gasteiger partial charge on any atom is -0.303 e. The highest BCUT2D eigenvalue weighted by molar-refractivity contribution is 5.06. The van der Waals surface area contributed by atoms with E-state index in [1.54, 1.807) is 0 Å². The van der Waals surface area contributed by atoms with Gasteiger partial charge in [0.25, 0.3) is 0 Å². The lowest BCUT2D eigenvalue weighted by atomic mass is 9.99. The Morgan fingerprint density at radius 1 is 1.62 bits per heavy atom. The maximum Gasteiger partial charge on any atom is 0.0628 e. The summed E-state index contributed by atoms with van der Waals surface area (Å²) in [7, 11) is 2.15.